The average molecular weight is 243 g/mol. The molecule has 0 aliphatic carbocycles. The van der Waals surface area contributed by atoms with Crippen molar-refractivity contribution in [1.82, 2.24) is 9.97 Å². The minimum Gasteiger partial charge on any atom is -0.340 e. The number of imidazole rings is 1. The van der Waals surface area contributed by atoms with Gasteiger partial charge in [0.1, 0.15) is 5.82 Å². The van der Waals surface area contributed by atoms with Crippen LogP contribution in [0.5, 0.6) is 0 Å². The Hall–Kier alpha value is -1.61. The first-order valence-corrected chi connectivity index (χ1v) is 6.21. The molecule has 3 nitrogen and oxygen atoms in total. The van der Waals surface area contributed by atoms with E-state index in [-0.39, 0.29) is 0 Å². The molecule has 0 saturated heterocycles. The van der Waals surface area contributed by atoms with Crippen LogP contribution in [0.2, 0.25) is 0 Å². The van der Waals surface area contributed by atoms with Crippen LogP contribution in [-0.4, -0.2) is 9.97 Å². The zero-order valence-electron chi connectivity index (χ0n) is 11.8. The number of aromatic amines is 1. The molecule has 0 aliphatic rings. The van der Waals surface area contributed by atoms with Gasteiger partial charge in [-0.15, -0.1) is 0 Å². The first-order valence-electron chi connectivity index (χ1n) is 6.21. The number of aromatic nitrogens is 2. The van der Waals surface area contributed by atoms with Crippen molar-refractivity contribution >= 4 is 0 Å². The molecule has 0 radical (unpaired) electrons. The second-order valence-corrected chi connectivity index (χ2v) is 5.64. The Morgan fingerprint density at radius 3 is 2.11 bits per heavy atom. The highest BCUT2D eigenvalue weighted by Crippen LogP contribution is 2.28. The standard InChI is InChI=1S/C15H21N3/c1-9-6-10(2)13(11(3)7-9)12-8-17-14(18-12)15(4,5)16/h6-8H,16H2,1-5H3,(H,17,18). The number of hydrogen-bond donors (Lipinski definition) is 2. The van der Waals surface area contributed by atoms with Crippen molar-refractivity contribution < 1.29 is 0 Å². The fraction of sp³-hybridized carbons (Fsp3) is 0.400. The Morgan fingerprint density at radius 2 is 1.67 bits per heavy atom. The summed E-state index contributed by atoms with van der Waals surface area (Å²) in [6.45, 7) is 10.3. The summed E-state index contributed by atoms with van der Waals surface area (Å²) in [6, 6.07) is 4.38. The lowest BCUT2D eigenvalue weighted by molar-refractivity contribution is 0.520. The Labute approximate surface area is 108 Å². The molecule has 1 heterocycles. The van der Waals surface area contributed by atoms with Gasteiger partial charge >= 0.3 is 0 Å². The molecule has 3 N–H and O–H groups in total. The third-order valence-corrected chi connectivity index (χ3v) is 3.13. The van der Waals surface area contributed by atoms with Gasteiger partial charge in [0.05, 0.1) is 17.4 Å². The molecule has 0 amide bonds. The van der Waals surface area contributed by atoms with Crippen LogP contribution in [0, 0.1) is 20.8 Å². The Morgan fingerprint density at radius 1 is 1.11 bits per heavy atom. The van der Waals surface area contributed by atoms with Crippen molar-refractivity contribution in [2.75, 3.05) is 0 Å². The van der Waals surface area contributed by atoms with Gasteiger partial charge in [-0.3, -0.25) is 0 Å². The van der Waals surface area contributed by atoms with Crippen LogP contribution in [0.1, 0.15) is 36.4 Å². The average Bonchev–Trinajstić information content (AvgIpc) is 2.64. The normalized spacial score (nSPS) is 11.9. The summed E-state index contributed by atoms with van der Waals surface area (Å²) in [5.74, 6) is 0.817. The SMILES string of the molecule is Cc1cc(C)c(-c2cnc(C(C)(C)N)[nH]2)c(C)c1. The minimum atomic E-state index is -0.440. The number of aryl methyl sites for hydroxylation is 3. The van der Waals surface area contributed by atoms with Gasteiger partial charge in [-0.05, 0) is 45.7 Å². The molecule has 0 atom stereocenters. The Kier molecular flexibility index (Phi) is 3.03. The molecule has 96 valence electrons. The molecule has 18 heavy (non-hydrogen) atoms. The van der Waals surface area contributed by atoms with E-state index in [1.165, 1.54) is 22.3 Å². The van der Waals surface area contributed by atoms with Crippen molar-refractivity contribution in [3.63, 3.8) is 0 Å². The summed E-state index contributed by atoms with van der Waals surface area (Å²) in [5, 5.41) is 0. The Bertz CT molecular complexity index is 551. The summed E-state index contributed by atoms with van der Waals surface area (Å²) >= 11 is 0. The molecule has 3 heteroatoms. The summed E-state index contributed by atoms with van der Waals surface area (Å²) in [4.78, 5) is 7.72. The van der Waals surface area contributed by atoms with Crippen LogP contribution >= 0.6 is 0 Å². The number of H-pyrrole nitrogens is 1. The van der Waals surface area contributed by atoms with E-state index >= 15 is 0 Å². The predicted molar refractivity (Wildman–Crippen MR) is 75.4 cm³/mol. The molecule has 0 spiro atoms. The van der Waals surface area contributed by atoms with E-state index in [0.29, 0.717) is 0 Å². The lowest BCUT2D eigenvalue weighted by Gasteiger charge is -2.15. The maximum atomic E-state index is 6.05. The van der Waals surface area contributed by atoms with Crippen LogP contribution in [0.25, 0.3) is 11.3 Å². The van der Waals surface area contributed by atoms with Crippen LogP contribution in [0.4, 0.5) is 0 Å². The van der Waals surface area contributed by atoms with E-state index in [9.17, 15) is 0 Å². The number of hydrogen-bond acceptors (Lipinski definition) is 2. The summed E-state index contributed by atoms with van der Waals surface area (Å²) in [6.07, 6.45) is 1.87. The summed E-state index contributed by atoms with van der Waals surface area (Å²) in [7, 11) is 0. The Balaban J connectivity index is 2.53. The van der Waals surface area contributed by atoms with E-state index in [1.807, 2.05) is 20.0 Å². The largest absolute Gasteiger partial charge is 0.340 e. The maximum absolute atomic E-state index is 6.05. The number of nitrogens with zero attached hydrogens (tertiary/aromatic N) is 1. The van der Waals surface area contributed by atoms with Crippen molar-refractivity contribution in [2.24, 2.45) is 5.73 Å². The monoisotopic (exact) mass is 243 g/mol. The van der Waals surface area contributed by atoms with Gasteiger partial charge < -0.3 is 10.7 Å². The van der Waals surface area contributed by atoms with E-state index in [2.05, 4.69) is 42.9 Å². The molecule has 1 aromatic carbocycles. The third kappa shape index (κ3) is 2.31. The van der Waals surface area contributed by atoms with Crippen molar-refractivity contribution in [3.05, 3.63) is 40.8 Å². The zero-order chi connectivity index (χ0) is 13.5. The number of nitrogens with two attached hydrogens (primary N) is 1. The number of nitrogens with one attached hydrogen (secondary N) is 1. The minimum absolute atomic E-state index is 0.440. The second-order valence-electron chi connectivity index (χ2n) is 5.64. The fourth-order valence-electron chi connectivity index (χ4n) is 2.38. The molecule has 0 aliphatic heterocycles. The summed E-state index contributed by atoms with van der Waals surface area (Å²) in [5.41, 5.74) is 11.7. The van der Waals surface area contributed by atoms with E-state index in [0.717, 1.165) is 11.5 Å². The van der Waals surface area contributed by atoms with Gasteiger partial charge in [-0.1, -0.05) is 17.7 Å². The van der Waals surface area contributed by atoms with Crippen LogP contribution < -0.4 is 5.73 Å². The second kappa shape index (κ2) is 4.25. The summed E-state index contributed by atoms with van der Waals surface area (Å²) < 4.78 is 0. The van der Waals surface area contributed by atoms with Crippen LogP contribution in [-0.2, 0) is 5.54 Å². The molecule has 0 bridgehead atoms. The molecular formula is C15H21N3. The zero-order valence-corrected chi connectivity index (χ0v) is 11.8. The van der Waals surface area contributed by atoms with Gasteiger partial charge in [-0.25, -0.2) is 4.98 Å². The molecular weight excluding hydrogens is 222 g/mol. The van der Waals surface area contributed by atoms with Crippen LogP contribution in [0.15, 0.2) is 18.3 Å². The van der Waals surface area contributed by atoms with Gasteiger partial charge in [0, 0.05) is 5.56 Å². The highest BCUT2D eigenvalue weighted by molar-refractivity contribution is 5.67. The number of benzene rings is 1. The van der Waals surface area contributed by atoms with Crippen molar-refractivity contribution in [3.8, 4) is 11.3 Å². The first kappa shape index (κ1) is 12.8. The fourth-order valence-corrected chi connectivity index (χ4v) is 2.38. The maximum Gasteiger partial charge on any atom is 0.126 e. The third-order valence-electron chi connectivity index (χ3n) is 3.13. The highest BCUT2D eigenvalue weighted by atomic mass is 15.0. The highest BCUT2D eigenvalue weighted by Gasteiger charge is 2.19. The lowest BCUT2D eigenvalue weighted by Crippen LogP contribution is -2.30. The van der Waals surface area contributed by atoms with Crippen LogP contribution in [0.3, 0.4) is 0 Å². The van der Waals surface area contributed by atoms with Gasteiger partial charge in [0.2, 0.25) is 0 Å². The van der Waals surface area contributed by atoms with Crippen molar-refractivity contribution in [1.29, 1.82) is 0 Å². The predicted octanol–water partition coefficient (Wildman–Crippen LogP) is 3.20. The molecule has 0 fully saturated rings. The topological polar surface area (TPSA) is 54.7 Å². The quantitative estimate of drug-likeness (QED) is 0.851. The molecule has 0 saturated carbocycles. The van der Waals surface area contributed by atoms with E-state index in [1.54, 1.807) is 0 Å². The smallest absolute Gasteiger partial charge is 0.126 e. The lowest BCUT2D eigenvalue weighted by atomic mass is 9.98. The van der Waals surface area contributed by atoms with Gasteiger partial charge in [-0.2, -0.15) is 0 Å². The first-order chi connectivity index (χ1) is 8.29. The van der Waals surface area contributed by atoms with E-state index < -0.39 is 5.54 Å². The van der Waals surface area contributed by atoms with E-state index in [4.69, 9.17) is 5.73 Å². The molecule has 2 rings (SSSR count). The van der Waals surface area contributed by atoms with Gasteiger partial charge in [0.15, 0.2) is 0 Å². The molecule has 1 aromatic heterocycles. The molecule has 2 aromatic rings. The van der Waals surface area contributed by atoms with Crippen molar-refractivity contribution in [2.45, 2.75) is 40.2 Å². The number of rotatable bonds is 2. The van der Waals surface area contributed by atoms with Gasteiger partial charge in [0.25, 0.3) is 0 Å². The molecule has 0 unspecified atom stereocenters.